The van der Waals surface area contributed by atoms with E-state index in [0.717, 1.165) is 11.3 Å². The maximum absolute atomic E-state index is 13.7. The van der Waals surface area contributed by atoms with Crippen LogP contribution in [0.2, 0.25) is 5.02 Å². The van der Waals surface area contributed by atoms with Crippen molar-refractivity contribution < 1.29 is 23.8 Å². The Morgan fingerprint density at radius 2 is 1.86 bits per heavy atom. The van der Waals surface area contributed by atoms with Crippen LogP contribution in [0.5, 0.6) is 11.5 Å². The lowest BCUT2D eigenvalue weighted by Crippen LogP contribution is -2.36. The van der Waals surface area contributed by atoms with E-state index in [1.54, 1.807) is 12.1 Å². The minimum atomic E-state index is -0.655. The molecule has 0 amide bonds. The highest BCUT2D eigenvalue weighted by Gasteiger charge is 2.42. The van der Waals surface area contributed by atoms with E-state index >= 15 is 0 Å². The molecular formula is C28H28ClNO5. The van der Waals surface area contributed by atoms with E-state index in [4.69, 9.17) is 25.8 Å². The molecule has 7 heteroatoms. The molecule has 182 valence electrons. The van der Waals surface area contributed by atoms with Crippen molar-refractivity contribution in [3.63, 3.8) is 0 Å². The molecule has 0 radical (unpaired) electrons. The zero-order valence-electron chi connectivity index (χ0n) is 20.0. The van der Waals surface area contributed by atoms with Gasteiger partial charge in [0.25, 0.3) is 0 Å². The van der Waals surface area contributed by atoms with Crippen molar-refractivity contribution in [1.82, 2.24) is 5.32 Å². The SMILES string of the molecule is CC1=C(C(=O)OCC(C)C)[C@H](c2cc3c(cc2Cl)OCO3)C2=C(C[C@@H](c3ccccc3)CC2=O)N1. The van der Waals surface area contributed by atoms with E-state index in [1.165, 1.54) is 0 Å². The minimum absolute atomic E-state index is 0.00649. The van der Waals surface area contributed by atoms with Gasteiger partial charge < -0.3 is 19.5 Å². The van der Waals surface area contributed by atoms with Crippen LogP contribution in [0.25, 0.3) is 0 Å². The van der Waals surface area contributed by atoms with Crippen LogP contribution in [-0.2, 0) is 14.3 Å². The van der Waals surface area contributed by atoms with Gasteiger partial charge in [0.1, 0.15) is 0 Å². The number of carbonyl (C=O) groups is 2. The molecule has 3 aliphatic rings. The average Bonchev–Trinajstić information content (AvgIpc) is 3.28. The third kappa shape index (κ3) is 4.43. The molecule has 2 aromatic carbocycles. The number of fused-ring (bicyclic) bond motifs is 1. The molecule has 2 aliphatic heterocycles. The molecule has 2 atom stereocenters. The number of Topliss-reactive ketones (excluding diaryl/α,β-unsaturated/α-hetero) is 1. The van der Waals surface area contributed by atoms with E-state index in [1.807, 2.05) is 39.0 Å². The van der Waals surface area contributed by atoms with Gasteiger partial charge in [-0.05, 0) is 42.4 Å². The molecule has 0 saturated carbocycles. The Kier molecular flexibility index (Phi) is 6.32. The van der Waals surface area contributed by atoms with E-state index in [0.29, 0.717) is 51.8 Å². The molecule has 0 unspecified atom stereocenters. The summed E-state index contributed by atoms with van der Waals surface area (Å²) in [5.74, 6) is 0.220. The molecule has 0 saturated heterocycles. The fourth-order valence-corrected chi connectivity index (χ4v) is 5.32. The monoisotopic (exact) mass is 493 g/mol. The average molecular weight is 494 g/mol. The van der Waals surface area contributed by atoms with Crippen molar-refractivity contribution >= 4 is 23.4 Å². The summed E-state index contributed by atoms with van der Waals surface area (Å²) in [6, 6.07) is 13.5. The third-order valence-electron chi connectivity index (χ3n) is 6.67. The predicted octanol–water partition coefficient (Wildman–Crippen LogP) is 5.63. The van der Waals surface area contributed by atoms with Gasteiger partial charge in [-0.1, -0.05) is 55.8 Å². The summed E-state index contributed by atoms with van der Waals surface area (Å²) in [7, 11) is 0. The second-order valence-corrected chi connectivity index (χ2v) is 10.1. The number of nitrogens with one attached hydrogen (secondary N) is 1. The Hall–Kier alpha value is -3.25. The number of halogens is 1. The number of hydrogen-bond acceptors (Lipinski definition) is 6. The summed E-state index contributed by atoms with van der Waals surface area (Å²) >= 11 is 6.73. The fourth-order valence-electron chi connectivity index (χ4n) is 5.06. The molecule has 5 rings (SSSR count). The highest BCUT2D eigenvalue weighted by atomic mass is 35.5. The number of carbonyl (C=O) groups excluding carboxylic acids is 2. The largest absolute Gasteiger partial charge is 0.462 e. The van der Waals surface area contributed by atoms with Crippen molar-refractivity contribution in [1.29, 1.82) is 0 Å². The van der Waals surface area contributed by atoms with Crippen LogP contribution in [0.15, 0.2) is 65.0 Å². The Bertz CT molecular complexity index is 1250. The summed E-state index contributed by atoms with van der Waals surface area (Å²) in [4.78, 5) is 27.1. The molecule has 0 fully saturated rings. The number of hydrogen-bond donors (Lipinski definition) is 1. The van der Waals surface area contributed by atoms with Gasteiger partial charge in [0.2, 0.25) is 6.79 Å². The van der Waals surface area contributed by atoms with E-state index in [2.05, 4.69) is 17.4 Å². The number of benzene rings is 2. The normalized spacial score (nSPS) is 21.2. The summed E-state index contributed by atoms with van der Waals surface area (Å²) in [6.45, 7) is 6.20. The summed E-state index contributed by atoms with van der Waals surface area (Å²) in [5, 5.41) is 3.79. The molecule has 6 nitrogen and oxygen atoms in total. The number of ketones is 1. The highest BCUT2D eigenvalue weighted by Crippen LogP contribution is 2.49. The highest BCUT2D eigenvalue weighted by molar-refractivity contribution is 6.32. The van der Waals surface area contributed by atoms with Gasteiger partial charge in [-0.15, -0.1) is 0 Å². The first-order valence-corrected chi connectivity index (χ1v) is 12.3. The number of rotatable bonds is 5. The van der Waals surface area contributed by atoms with E-state index < -0.39 is 11.9 Å². The van der Waals surface area contributed by atoms with Crippen molar-refractivity contribution in [2.75, 3.05) is 13.4 Å². The van der Waals surface area contributed by atoms with Crippen LogP contribution in [0.4, 0.5) is 0 Å². The summed E-state index contributed by atoms with van der Waals surface area (Å²) in [6.07, 6.45) is 1.02. The Balaban J connectivity index is 1.61. The van der Waals surface area contributed by atoms with Crippen LogP contribution in [0.3, 0.4) is 0 Å². The molecule has 1 aliphatic carbocycles. The lowest BCUT2D eigenvalue weighted by molar-refractivity contribution is -0.140. The number of esters is 1. The zero-order valence-corrected chi connectivity index (χ0v) is 20.8. The van der Waals surface area contributed by atoms with Crippen LogP contribution < -0.4 is 14.8 Å². The molecule has 2 heterocycles. The summed E-state index contributed by atoms with van der Waals surface area (Å²) < 4.78 is 16.7. The first kappa shape index (κ1) is 23.5. The maximum atomic E-state index is 13.7. The maximum Gasteiger partial charge on any atom is 0.336 e. The zero-order chi connectivity index (χ0) is 24.7. The van der Waals surface area contributed by atoms with E-state index in [-0.39, 0.29) is 31.0 Å². The smallest absolute Gasteiger partial charge is 0.336 e. The van der Waals surface area contributed by atoms with Crippen molar-refractivity contribution in [2.45, 2.75) is 45.4 Å². The van der Waals surface area contributed by atoms with Gasteiger partial charge >= 0.3 is 5.97 Å². The molecule has 2 aromatic rings. The van der Waals surface area contributed by atoms with Gasteiger partial charge in [-0.25, -0.2) is 4.79 Å². The Labute approximate surface area is 209 Å². The van der Waals surface area contributed by atoms with E-state index in [9.17, 15) is 9.59 Å². The second kappa shape index (κ2) is 9.42. The molecule has 0 spiro atoms. The Morgan fingerprint density at radius 1 is 1.14 bits per heavy atom. The van der Waals surface area contributed by atoms with Crippen molar-refractivity contribution in [3.8, 4) is 11.5 Å². The summed E-state index contributed by atoms with van der Waals surface area (Å²) in [5.41, 5.74) is 4.21. The van der Waals surface area contributed by atoms with Gasteiger partial charge in [0, 0.05) is 40.4 Å². The van der Waals surface area contributed by atoms with Crippen LogP contribution in [-0.4, -0.2) is 25.2 Å². The fraction of sp³-hybridized carbons (Fsp3) is 0.357. The standard InChI is InChI=1S/C28H28ClNO5/c1-15(2)13-33-28(32)25-16(3)30-21-9-18(17-7-5-4-6-8-17)10-22(31)27(21)26(25)19-11-23-24(12-20(19)29)35-14-34-23/h4-8,11-12,15,18,26,30H,9-10,13-14H2,1-3H3/t18-,26+/m1/s1. The van der Waals surface area contributed by atoms with Crippen molar-refractivity contribution in [3.05, 3.63) is 81.2 Å². The van der Waals surface area contributed by atoms with Crippen LogP contribution >= 0.6 is 11.6 Å². The molecule has 1 N–H and O–H groups in total. The minimum Gasteiger partial charge on any atom is -0.462 e. The number of allylic oxidation sites excluding steroid dienone is 3. The van der Waals surface area contributed by atoms with Crippen LogP contribution in [0, 0.1) is 5.92 Å². The van der Waals surface area contributed by atoms with Gasteiger partial charge in [-0.2, -0.15) is 0 Å². The first-order chi connectivity index (χ1) is 16.8. The van der Waals surface area contributed by atoms with Gasteiger partial charge in [0.15, 0.2) is 17.3 Å². The lowest BCUT2D eigenvalue weighted by Gasteiger charge is -2.37. The number of ether oxygens (including phenoxy) is 3. The third-order valence-corrected chi connectivity index (χ3v) is 7.00. The molecule has 0 bridgehead atoms. The molecular weight excluding hydrogens is 466 g/mol. The lowest BCUT2D eigenvalue weighted by atomic mass is 9.71. The quantitative estimate of drug-likeness (QED) is 0.544. The molecule has 0 aromatic heterocycles. The predicted molar refractivity (Wildman–Crippen MR) is 132 cm³/mol. The van der Waals surface area contributed by atoms with Gasteiger partial charge in [-0.3, -0.25) is 4.79 Å². The Morgan fingerprint density at radius 3 is 2.57 bits per heavy atom. The van der Waals surface area contributed by atoms with Gasteiger partial charge in [0.05, 0.1) is 12.2 Å². The van der Waals surface area contributed by atoms with Crippen molar-refractivity contribution in [2.24, 2.45) is 5.92 Å². The number of dihydropyridines is 1. The second-order valence-electron chi connectivity index (χ2n) is 9.65. The molecule has 35 heavy (non-hydrogen) atoms. The topological polar surface area (TPSA) is 73.9 Å². The van der Waals surface area contributed by atoms with Crippen LogP contribution in [0.1, 0.15) is 56.6 Å². The first-order valence-electron chi connectivity index (χ1n) is 11.9.